The van der Waals surface area contributed by atoms with Crippen molar-refractivity contribution in [2.75, 3.05) is 0 Å². The van der Waals surface area contributed by atoms with Crippen LogP contribution in [0.25, 0.3) is 11.0 Å². The topological polar surface area (TPSA) is 85.3 Å². The molecule has 2 rings (SSSR count). The molecule has 0 aliphatic rings. The molecule has 6 heteroatoms. The summed E-state index contributed by atoms with van der Waals surface area (Å²) in [4.78, 5) is 0. The molecular formula is C9H10N2O3S. The molecule has 1 aromatic heterocycles. The zero-order valence-electron chi connectivity index (χ0n) is 7.80. The SMILES string of the molecule is NS(=O)(=O)NCc1coc2ccccc12. The van der Waals surface area contributed by atoms with Gasteiger partial charge in [0.25, 0.3) is 10.2 Å². The Morgan fingerprint density at radius 3 is 2.80 bits per heavy atom. The number of hydrogen-bond donors (Lipinski definition) is 2. The van der Waals surface area contributed by atoms with Gasteiger partial charge in [-0.15, -0.1) is 0 Å². The summed E-state index contributed by atoms with van der Waals surface area (Å²) in [6, 6.07) is 7.38. The van der Waals surface area contributed by atoms with Crippen LogP contribution in [0.4, 0.5) is 0 Å². The van der Waals surface area contributed by atoms with E-state index in [-0.39, 0.29) is 6.54 Å². The molecule has 0 aliphatic heterocycles. The minimum atomic E-state index is -3.66. The van der Waals surface area contributed by atoms with E-state index in [0.717, 1.165) is 16.5 Å². The predicted octanol–water partition coefficient (Wildman–Crippen LogP) is 0.726. The highest BCUT2D eigenvalue weighted by molar-refractivity contribution is 7.87. The maximum atomic E-state index is 10.7. The molecule has 80 valence electrons. The highest BCUT2D eigenvalue weighted by Gasteiger charge is 2.07. The molecule has 0 fully saturated rings. The van der Waals surface area contributed by atoms with Gasteiger partial charge in [0, 0.05) is 17.5 Å². The Balaban J connectivity index is 2.29. The Kier molecular flexibility index (Phi) is 2.47. The second-order valence-electron chi connectivity index (χ2n) is 3.12. The number of para-hydroxylation sites is 1. The molecule has 0 aliphatic carbocycles. The van der Waals surface area contributed by atoms with Crippen molar-refractivity contribution >= 4 is 21.2 Å². The minimum absolute atomic E-state index is 0.135. The molecular weight excluding hydrogens is 216 g/mol. The lowest BCUT2D eigenvalue weighted by atomic mass is 10.2. The van der Waals surface area contributed by atoms with Crippen molar-refractivity contribution in [1.29, 1.82) is 0 Å². The summed E-state index contributed by atoms with van der Waals surface area (Å²) in [7, 11) is -3.66. The lowest BCUT2D eigenvalue weighted by Crippen LogP contribution is -2.30. The molecule has 0 saturated heterocycles. The predicted molar refractivity (Wildman–Crippen MR) is 56.2 cm³/mol. The number of benzene rings is 1. The van der Waals surface area contributed by atoms with Crippen LogP contribution in [-0.2, 0) is 16.8 Å². The summed E-state index contributed by atoms with van der Waals surface area (Å²) in [5, 5.41) is 5.71. The van der Waals surface area contributed by atoms with Crippen LogP contribution < -0.4 is 9.86 Å². The fraction of sp³-hybridized carbons (Fsp3) is 0.111. The van der Waals surface area contributed by atoms with Gasteiger partial charge in [-0.05, 0) is 6.07 Å². The molecule has 5 nitrogen and oxygen atoms in total. The van der Waals surface area contributed by atoms with E-state index in [1.54, 1.807) is 0 Å². The van der Waals surface area contributed by atoms with E-state index in [1.165, 1.54) is 6.26 Å². The quantitative estimate of drug-likeness (QED) is 0.808. The van der Waals surface area contributed by atoms with Crippen molar-refractivity contribution in [1.82, 2.24) is 4.72 Å². The van der Waals surface area contributed by atoms with Crippen LogP contribution in [-0.4, -0.2) is 8.42 Å². The zero-order valence-corrected chi connectivity index (χ0v) is 8.62. The normalized spacial score (nSPS) is 12.1. The Hall–Kier alpha value is -1.37. The molecule has 1 aromatic carbocycles. The fourth-order valence-electron chi connectivity index (χ4n) is 1.35. The maximum Gasteiger partial charge on any atom is 0.274 e. The van der Waals surface area contributed by atoms with Gasteiger partial charge in [-0.25, -0.2) is 5.14 Å². The third kappa shape index (κ3) is 2.35. The van der Waals surface area contributed by atoms with Crippen LogP contribution in [0.1, 0.15) is 5.56 Å². The molecule has 15 heavy (non-hydrogen) atoms. The van der Waals surface area contributed by atoms with Gasteiger partial charge >= 0.3 is 0 Å². The van der Waals surface area contributed by atoms with Crippen molar-refractivity contribution in [2.45, 2.75) is 6.54 Å². The molecule has 0 atom stereocenters. The first kappa shape index (κ1) is 10.2. The number of nitrogens with one attached hydrogen (secondary N) is 1. The Bertz CT molecular complexity index is 574. The third-order valence-electron chi connectivity index (χ3n) is 2.02. The average Bonchev–Trinajstić information content (AvgIpc) is 2.57. The Labute approximate surface area is 87.1 Å². The van der Waals surface area contributed by atoms with E-state index in [1.807, 2.05) is 24.3 Å². The van der Waals surface area contributed by atoms with Crippen LogP contribution >= 0.6 is 0 Å². The summed E-state index contributed by atoms with van der Waals surface area (Å²) >= 11 is 0. The van der Waals surface area contributed by atoms with Gasteiger partial charge in [0.1, 0.15) is 5.58 Å². The van der Waals surface area contributed by atoms with Gasteiger partial charge in [0.05, 0.1) is 6.26 Å². The summed E-state index contributed by atoms with van der Waals surface area (Å²) in [6.07, 6.45) is 1.52. The fourth-order valence-corrected chi connectivity index (χ4v) is 1.70. The molecule has 0 unspecified atom stereocenters. The number of hydrogen-bond acceptors (Lipinski definition) is 3. The van der Waals surface area contributed by atoms with Crippen LogP contribution in [0.5, 0.6) is 0 Å². The standard InChI is InChI=1S/C9H10N2O3S/c10-15(12,13)11-5-7-6-14-9-4-2-1-3-8(7)9/h1-4,6,11H,5H2,(H2,10,12,13). The van der Waals surface area contributed by atoms with Crippen molar-refractivity contribution in [2.24, 2.45) is 5.14 Å². The van der Waals surface area contributed by atoms with Crippen molar-refractivity contribution in [3.8, 4) is 0 Å². The van der Waals surface area contributed by atoms with Gasteiger partial charge in [-0.3, -0.25) is 0 Å². The first-order valence-electron chi connectivity index (χ1n) is 4.29. The Morgan fingerprint density at radius 1 is 1.33 bits per heavy atom. The smallest absolute Gasteiger partial charge is 0.274 e. The molecule has 1 heterocycles. The molecule has 0 radical (unpaired) electrons. The van der Waals surface area contributed by atoms with Crippen molar-refractivity contribution in [3.05, 3.63) is 36.1 Å². The largest absolute Gasteiger partial charge is 0.464 e. The summed E-state index contributed by atoms with van der Waals surface area (Å²) in [6.45, 7) is 0.135. The van der Waals surface area contributed by atoms with E-state index in [9.17, 15) is 8.42 Å². The zero-order chi connectivity index (χ0) is 10.9. The minimum Gasteiger partial charge on any atom is -0.464 e. The monoisotopic (exact) mass is 226 g/mol. The average molecular weight is 226 g/mol. The molecule has 3 N–H and O–H groups in total. The van der Waals surface area contributed by atoms with Gasteiger partial charge in [0.15, 0.2) is 0 Å². The van der Waals surface area contributed by atoms with Crippen molar-refractivity contribution < 1.29 is 12.8 Å². The molecule has 2 aromatic rings. The molecule has 0 bridgehead atoms. The number of rotatable bonds is 3. The molecule has 0 saturated carbocycles. The highest BCUT2D eigenvalue weighted by atomic mass is 32.2. The second-order valence-corrected chi connectivity index (χ2v) is 4.50. The van der Waals surface area contributed by atoms with E-state index < -0.39 is 10.2 Å². The molecule has 0 amide bonds. The van der Waals surface area contributed by atoms with Crippen LogP contribution in [0.3, 0.4) is 0 Å². The summed E-state index contributed by atoms with van der Waals surface area (Å²) in [5.74, 6) is 0. The lowest BCUT2D eigenvalue weighted by Gasteiger charge is -1.98. The van der Waals surface area contributed by atoms with Gasteiger partial charge < -0.3 is 4.42 Å². The van der Waals surface area contributed by atoms with E-state index in [2.05, 4.69) is 4.72 Å². The van der Waals surface area contributed by atoms with E-state index in [0.29, 0.717) is 0 Å². The number of nitrogens with two attached hydrogens (primary N) is 1. The van der Waals surface area contributed by atoms with E-state index >= 15 is 0 Å². The van der Waals surface area contributed by atoms with Crippen molar-refractivity contribution in [3.63, 3.8) is 0 Å². The lowest BCUT2D eigenvalue weighted by molar-refractivity contribution is 0.581. The molecule has 0 spiro atoms. The maximum absolute atomic E-state index is 10.7. The van der Waals surface area contributed by atoms with Crippen LogP contribution in [0, 0.1) is 0 Å². The first-order chi connectivity index (χ1) is 7.06. The Morgan fingerprint density at radius 2 is 2.07 bits per heavy atom. The van der Waals surface area contributed by atoms with Crippen LogP contribution in [0.15, 0.2) is 34.9 Å². The number of furan rings is 1. The summed E-state index contributed by atoms with van der Waals surface area (Å²) in [5.41, 5.74) is 1.49. The highest BCUT2D eigenvalue weighted by Crippen LogP contribution is 2.20. The van der Waals surface area contributed by atoms with E-state index in [4.69, 9.17) is 9.56 Å². The third-order valence-corrected chi connectivity index (χ3v) is 2.57. The first-order valence-corrected chi connectivity index (χ1v) is 5.83. The van der Waals surface area contributed by atoms with Gasteiger partial charge in [-0.2, -0.15) is 13.1 Å². The van der Waals surface area contributed by atoms with Crippen LogP contribution in [0.2, 0.25) is 0 Å². The van der Waals surface area contributed by atoms with Gasteiger partial charge in [0.2, 0.25) is 0 Å². The van der Waals surface area contributed by atoms with Gasteiger partial charge in [-0.1, -0.05) is 18.2 Å². The number of fused-ring (bicyclic) bond motifs is 1. The summed E-state index contributed by atoms with van der Waals surface area (Å²) < 4.78 is 28.8. The second kappa shape index (κ2) is 3.65.